The Labute approximate surface area is 167 Å². The quantitative estimate of drug-likeness (QED) is 0.693. The van der Waals surface area contributed by atoms with Gasteiger partial charge in [0, 0.05) is 16.6 Å². The van der Waals surface area contributed by atoms with Crippen molar-refractivity contribution in [3.05, 3.63) is 64.1 Å². The number of halogens is 2. The van der Waals surface area contributed by atoms with Gasteiger partial charge in [-0.2, -0.15) is 0 Å². The number of carbonyl (C=O) groups excluding carboxylic acids is 2. The number of benzene rings is 2. The highest BCUT2D eigenvalue weighted by molar-refractivity contribution is 6.35. The summed E-state index contributed by atoms with van der Waals surface area (Å²) in [5.74, 6) is -0.696. The number of hydrogen-bond donors (Lipinski definition) is 1. The molecule has 1 saturated carbocycles. The van der Waals surface area contributed by atoms with Crippen LogP contribution in [0, 0.1) is 0 Å². The molecule has 27 heavy (non-hydrogen) atoms. The van der Waals surface area contributed by atoms with Crippen molar-refractivity contribution in [2.75, 3.05) is 0 Å². The molecule has 3 rings (SSSR count). The van der Waals surface area contributed by atoms with Gasteiger partial charge in [0.25, 0.3) is 5.91 Å². The molecule has 0 aromatic heterocycles. The van der Waals surface area contributed by atoms with E-state index in [2.05, 4.69) is 5.32 Å². The fraction of sp³-hybridized carbons (Fsp3) is 0.300. The third-order valence-electron chi connectivity index (χ3n) is 4.03. The predicted molar refractivity (Wildman–Crippen MR) is 103 cm³/mol. The van der Waals surface area contributed by atoms with Gasteiger partial charge in [-0.25, -0.2) is 4.79 Å². The monoisotopic (exact) mass is 407 g/mol. The van der Waals surface area contributed by atoms with Crippen LogP contribution in [-0.2, 0) is 14.3 Å². The normalized spacial score (nSPS) is 15.5. The third-order valence-corrected chi connectivity index (χ3v) is 4.56. The van der Waals surface area contributed by atoms with Crippen molar-refractivity contribution in [2.24, 2.45) is 0 Å². The zero-order valence-corrected chi connectivity index (χ0v) is 16.2. The molecule has 0 heterocycles. The van der Waals surface area contributed by atoms with E-state index in [1.165, 1.54) is 13.0 Å². The predicted octanol–water partition coefficient (Wildman–Crippen LogP) is 4.32. The van der Waals surface area contributed by atoms with Crippen molar-refractivity contribution >= 4 is 35.1 Å². The Morgan fingerprint density at radius 2 is 1.81 bits per heavy atom. The summed E-state index contributed by atoms with van der Waals surface area (Å²) in [4.78, 5) is 25.1. The Morgan fingerprint density at radius 3 is 2.44 bits per heavy atom. The van der Waals surface area contributed by atoms with Crippen molar-refractivity contribution in [2.45, 2.75) is 38.0 Å². The van der Waals surface area contributed by atoms with Crippen LogP contribution in [0.3, 0.4) is 0 Å². The Kier molecular flexibility index (Phi) is 6.24. The Hall–Kier alpha value is -2.24. The molecule has 0 bridgehead atoms. The SMILES string of the molecule is C[C@@H](Oc1ccc(Cl)cc1Cl)C(=O)O[C@@H](C(=O)NC1CC1)c1ccccc1. The standard InChI is InChI=1S/C20H19Cl2NO4/c1-12(26-17-10-7-14(21)11-16(17)22)20(25)27-18(13-5-3-2-4-6-13)19(24)23-15-8-9-15/h2-7,10-12,15,18H,8-9H2,1H3,(H,23,24)/t12-,18-/m1/s1. The summed E-state index contributed by atoms with van der Waals surface area (Å²) in [6.45, 7) is 1.54. The molecule has 2 aromatic rings. The zero-order valence-electron chi connectivity index (χ0n) is 14.7. The first kappa shape index (κ1) is 19.5. The average Bonchev–Trinajstić information content (AvgIpc) is 3.46. The number of nitrogens with one attached hydrogen (secondary N) is 1. The topological polar surface area (TPSA) is 64.6 Å². The lowest BCUT2D eigenvalue weighted by atomic mass is 10.1. The number of rotatable bonds is 7. The highest BCUT2D eigenvalue weighted by atomic mass is 35.5. The van der Waals surface area contributed by atoms with Crippen LogP contribution >= 0.6 is 23.2 Å². The second-order valence-corrected chi connectivity index (χ2v) is 7.19. The van der Waals surface area contributed by atoms with E-state index in [4.69, 9.17) is 32.7 Å². The van der Waals surface area contributed by atoms with E-state index in [1.54, 1.807) is 36.4 Å². The first-order valence-electron chi connectivity index (χ1n) is 8.61. The van der Waals surface area contributed by atoms with Gasteiger partial charge in [-0.15, -0.1) is 0 Å². The Morgan fingerprint density at radius 1 is 1.11 bits per heavy atom. The van der Waals surface area contributed by atoms with E-state index in [0.29, 0.717) is 16.3 Å². The molecular weight excluding hydrogens is 389 g/mol. The summed E-state index contributed by atoms with van der Waals surface area (Å²) in [7, 11) is 0. The minimum absolute atomic E-state index is 0.156. The summed E-state index contributed by atoms with van der Waals surface area (Å²) in [6, 6.07) is 13.7. The van der Waals surface area contributed by atoms with Crippen LogP contribution in [0.2, 0.25) is 10.0 Å². The summed E-state index contributed by atoms with van der Waals surface area (Å²) in [5.41, 5.74) is 0.598. The van der Waals surface area contributed by atoms with Crippen LogP contribution in [0.25, 0.3) is 0 Å². The molecular formula is C20H19Cl2NO4. The number of amides is 1. The molecule has 2 aromatic carbocycles. The van der Waals surface area contributed by atoms with E-state index >= 15 is 0 Å². The highest BCUT2D eigenvalue weighted by Gasteiger charge is 2.32. The molecule has 142 valence electrons. The maximum absolute atomic E-state index is 12.5. The molecule has 5 nitrogen and oxygen atoms in total. The number of hydrogen-bond acceptors (Lipinski definition) is 4. The molecule has 1 aliphatic carbocycles. The molecule has 0 unspecified atom stereocenters. The van der Waals surface area contributed by atoms with Crippen LogP contribution in [0.15, 0.2) is 48.5 Å². The number of carbonyl (C=O) groups is 2. The second kappa shape index (κ2) is 8.63. The van der Waals surface area contributed by atoms with E-state index < -0.39 is 18.2 Å². The van der Waals surface area contributed by atoms with Crippen LogP contribution in [0.5, 0.6) is 5.75 Å². The maximum atomic E-state index is 12.5. The summed E-state index contributed by atoms with van der Waals surface area (Å²) < 4.78 is 11.1. The lowest BCUT2D eigenvalue weighted by Crippen LogP contribution is -2.36. The Bertz CT molecular complexity index is 824. The van der Waals surface area contributed by atoms with Crippen LogP contribution < -0.4 is 10.1 Å². The molecule has 0 radical (unpaired) electrons. The van der Waals surface area contributed by atoms with Gasteiger partial charge < -0.3 is 14.8 Å². The van der Waals surface area contributed by atoms with Crippen molar-refractivity contribution in [1.82, 2.24) is 5.32 Å². The minimum atomic E-state index is -1.04. The fourth-order valence-electron chi connectivity index (χ4n) is 2.43. The van der Waals surface area contributed by atoms with Crippen molar-refractivity contribution < 1.29 is 19.1 Å². The van der Waals surface area contributed by atoms with Gasteiger partial charge >= 0.3 is 5.97 Å². The van der Waals surface area contributed by atoms with Gasteiger partial charge in [0.1, 0.15) is 5.75 Å². The molecule has 1 N–H and O–H groups in total. The molecule has 0 saturated heterocycles. The van der Waals surface area contributed by atoms with Crippen LogP contribution in [0.4, 0.5) is 0 Å². The average molecular weight is 408 g/mol. The van der Waals surface area contributed by atoms with Gasteiger partial charge in [0.15, 0.2) is 6.10 Å². The first-order chi connectivity index (χ1) is 12.9. The van der Waals surface area contributed by atoms with E-state index in [-0.39, 0.29) is 17.0 Å². The lowest BCUT2D eigenvalue weighted by Gasteiger charge is -2.21. The van der Waals surface area contributed by atoms with Gasteiger partial charge in [0.2, 0.25) is 6.10 Å². The van der Waals surface area contributed by atoms with Crippen molar-refractivity contribution in [3.8, 4) is 5.75 Å². The highest BCUT2D eigenvalue weighted by Crippen LogP contribution is 2.29. The molecule has 1 amide bonds. The minimum Gasteiger partial charge on any atom is -0.477 e. The number of esters is 1. The van der Waals surface area contributed by atoms with Crippen molar-refractivity contribution in [1.29, 1.82) is 0 Å². The molecule has 7 heteroatoms. The molecule has 2 atom stereocenters. The summed E-state index contributed by atoms with van der Waals surface area (Å²) in [5, 5.41) is 3.62. The smallest absolute Gasteiger partial charge is 0.348 e. The van der Waals surface area contributed by atoms with Crippen LogP contribution in [-0.4, -0.2) is 24.0 Å². The molecule has 1 aliphatic rings. The largest absolute Gasteiger partial charge is 0.477 e. The molecule has 1 fully saturated rings. The fourth-order valence-corrected chi connectivity index (χ4v) is 2.88. The zero-order chi connectivity index (χ0) is 19.4. The molecule has 0 aliphatic heterocycles. The lowest BCUT2D eigenvalue weighted by molar-refractivity contribution is -0.162. The van der Waals surface area contributed by atoms with Gasteiger partial charge in [-0.05, 0) is 38.0 Å². The van der Waals surface area contributed by atoms with E-state index in [9.17, 15) is 9.59 Å². The maximum Gasteiger partial charge on any atom is 0.348 e. The summed E-state index contributed by atoms with van der Waals surface area (Å²) in [6.07, 6.45) is -0.111. The van der Waals surface area contributed by atoms with E-state index in [0.717, 1.165) is 12.8 Å². The van der Waals surface area contributed by atoms with Crippen molar-refractivity contribution in [3.63, 3.8) is 0 Å². The van der Waals surface area contributed by atoms with Gasteiger partial charge in [-0.3, -0.25) is 4.79 Å². The Balaban J connectivity index is 1.70. The van der Waals surface area contributed by atoms with Crippen LogP contribution in [0.1, 0.15) is 31.4 Å². The second-order valence-electron chi connectivity index (χ2n) is 6.35. The third kappa shape index (κ3) is 5.37. The van der Waals surface area contributed by atoms with Gasteiger partial charge in [0.05, 0.1) is 5.02 Å². The van der Waals surface area contributed by atoms with Gasteiger partial charge in [-0.1, -0.05) is 53.5 Å². The van der Waals surface area contributed by atoms with E-state index in [1.807, 2.05) is 6.07 Å². The first-order valence-corrected chi connectivity index (χ1v) is 9.37. The molecule has 0 spiro atoms. The number of ether oxygens (including phenoxy) is 2. The summed E-state index contributed by atoms with van der Waals surface area (Å²) >= 11 is 11.9.